The second-order valence-electron chi connectivity index (χ2n) is 7.72. The predicted molar refractivity (Wildman–Crippen MR) is 109 cm³/mol. The number of rotatable bonds is 3. The van der Waals surface area contributed by atoms with Gasteiger partial charge in [-0.2, -0.15) is 0 Å². The van der Waals surface area contributed by atoms with Crippen LogP contribution in [0.25, 0.3) is 32.7 Å². The van der Waals surface area contributed by atoms with Crippen molar-refractivity contribution in [1.29, 1.82) is 0 Å². The number of methoxy groups -OCH3 is 1. The van der Waals surface area contributed by atoms with E-state index in [1.165, 1.54) is 13.2 Å². The second-order valence-corrected chi connectivity index (χ2v) is 7.72. The number of benzene rings is 2. The van der Waals surface area contributed by atoms with Crippen LogP contribution in [-0.4, -0.2) is 57.1 Å². The van der Waals surface area contributed by atoms with Crippen molar-refractivity contribution in [2.24, 2.45) is 0 Å². The zero-order valence-electron chi connectivity index (χ0n) is 16.6. The van der Waals surface area contributed by atoms with E-state index in [2.05, 4.69) is 0 Å². The predicted octanol–water partition coefficient (Wildman–Crippen LogP) is 0.534. The number of aromatic hydroxyl groups is 2. The van der Waals surface area contributed by atoms with Gasteiger partial charge in [0, 0.05) is 10.8 Å². The fourth-order valence-electron chi connectivity index (χ4n) is 4.26. The van der Waals surface area contributed by atoms with Gasteiger partial charge < -0.3 is 43.8 Å². The fourth-order valence-corrected chi connectivity index (χ4v) is 4.26. The molecule has 0 spiro atoms. The van der Waals surface area contributed by atoms with Crippen molar-refractivity contribution in [3.05, 3.63) is 33.0 Å². The standard InChI is InChI=1S/C21H18O11/c1-29-17-9(23)4-6-13-12-7(21(28)32-19(13)17)5-11(16(26)18(12)31-20(6)27)30-10-3-2-8(22)14(24)15(10)25/h4-5,8,10,14-15,22-26H,2-3H2,1H3/t8-,10-,14+,15+/m1/s1. The molecule has 5 N–H and O–H groups in total. The van der Waals surface area contributed by atoms with Gasteiger partial charge in [-0.25, -0.2) is 9.59 Å². The first-order chi connectivity index (χ1) is 15.2. The Hall–Kier alpha value is -3.54. The molecule has 32 heavy (non-hydrogen) atoms. The molecule has 2 aromatic heterocycles. The van der Waals surface area contributed by atoms with E-state index in [9.17, 15) is 35.1 Å². The van der Waals surface area contributed by atoms with Gasteiger partial charge in [-0.3, -0.25) is 0 Å². The van der Waals surface area contributed by atoms with Crippen LogP contribution in [0.1, 0.15) is 12.8 Å². The lowest BCUT2D eigenvalue weighted by molar-refractivity contribution is -0.128. The maximum atomic E-state index is 12.8. The molecule has 5 rings (SSSR count). The monoisotopic (exact) mass is 446 g/mol. The maximum Gasteiger partial charge on any atom is 0.344 e. The summed E-state index contributed by atoms with van der Waals surface area (Å²) in [6, 6.07) is 2.28. The van der Waals surface area contributed by atoms with E-state index in [4.69, 9.17) is 18.3 Å². The van der Waals surface area contributed by atoms with E-state index in [0.717, 1.165) is 6.07 Å². The maximum absolute atomic E-state index is 12.8. The Bertz CT molecular complexity index is 1470. The number of aliphatic hydroxyl groups is 3. The van der Waals surface area contributed by atoms with Crippen LogP contribution in [0.4, 0.5) is 0 Å². The van der Waals surface area contributed by atoms with Gasteiger partial charge in [-0.1, -0.05) is 0 Å². The van der Waals surface area contributed by atoms with Crippen LogP contribution in [0.15, 0.2) is 30.6 Å². The highest BCUT2D eigenvalue weighted by molar-refractivity contribution is 6.22. The zero-order valence-corrected chi connectivity index (χ0v) is 16.6. The smallest absolute Gasteiger partial charge is 0.344 e. The van der Waals surface area contributed by atoms with Crippen molar-refractivity contribution in [2.75, 3.05) is 7.11 Å². The van der Waals surface area contributed by atoms with Crippen LogP contribution in [-0.2, 0) is 0 Å². The zero-order chi connectivity index (χ0) is 22.9. The van der Waals surface area contributed by atoms with Crippen LogP contribution in [0, 0.1) is 0 Å². The number of hydrogen-bond donors (Lipinski definition) is 5. The molecule has 1 aliphatic rings. The molecule has 0 bridgehead atoms. The van der Waals surface area contributed by atoms with Crippen molar-refractivity contribution in [3.63, 3.8) is 0 Å². The highest BCUT2D eigenvalue weighted by atomic mass is 16.5. The lowest BCUT2D eigenvalue weighted by Crippen LogP contribution is -2.51. The molecule has 2 aromatic carbocycles. The molecule has 11 heteroatoms. The number of phenols is 2. The number of phenolic OH excluding ortho intramolecular Hbond substituents is 2. The quantitative estimate of drug-likeness (QED) is 0.219. The highest BCUT2D eigenvalue weighted by Gasteiger charge is 2.38. The molecule has 0 aliphatic heterocycles. The van der Waals surface area contributed by atoms with E-state index >= 15 is 0 Å². The second kappa shape index (κ2) is 6.99. The first kappa shape index (κ1) is 20.4. The summed E-state index contributed by atoms with van der Waals surface area (Å²) in [6.45, 7) is 0. The third-order valence-electron chi connectivity index (χ3n) is 5.87. The van der Waals surface area contributed by atoms with Gasteiger partial charge in [-0.15, -0.1) is 0 Å². The van der Waals surface area contributed by atoms with E-state index < -0.39 is 47.2 Å². The van der Waals surface area contributed by atoms with Gasteiger partial charge in [0.15, 0.2) is 22.7 Å². The summed E-state index contributed by atoms with van der Waals surface area (Å²) in [7, 11) is 1.25. The van der Waals surface area contributed by atoms with Crippen molar-refractivity contribution in [1.82, 2.24) is 0 Å². The third kappa shape index (κ3) is 2.72. The van der Waals surface area contributed by atoms with Gasteiger partial charge >= 0.3 is 11.3 Å². The summed E-state index contributed by atoms with van der Waals surface area (Å²) in [4.78, 5) is 25.3. The first-order valence-corrected chi connectivity index (χ1v) is 9.72. The van der Waals surface area contributed by atoms with E-state index in [1.807, 2.05) is 0 Å². The molecule has 1 saturated carbocycles. The van der Waals surface area contributed by atoms with Crippen LogP contribution in [0.3, 0.4) is 0 Å². The van der Waals surface area contributed by atoms with E-state index in [1.54, 1.807) is 0 Å². The minimum absolute atomic E-state index is 0.0636. The van der Waals surface area contributed by atoms with Crippen molar-refractivity contribution in [2.45, 2.75) is 37.3 Å². The molecular formula is C21H18O11. The van der Waals surface area contributed by atoms with Crippen LogP contribution in [0.5, 0.6) is 23.0 Å². The van der Waals surface area contributed by atoms with Gasteiger partial charge in [-0.05, 0) is 25.0 Å². The van der Waals surface area contributed by atoms with Crippen molar-refractivity contribution < 1.29 is 43.8 Å². The molecule has 2 heterocycles. The Kier molecular flexibility index (Phi) is 4.45. The minimum atomic E-state index is -1.46. The Morgan fingerprint density at radius 1 is 0.906 bits per heavy atom. The van der Waals surface area contributed by atoms with Crippen LogP contribution < -0.4 is 20.7 Å². The first-order valence-electron chi connectivity index (χ1n) is 9.72. The Labute approximate surface area is 177 Å². The van der Waals surface area contributed by atoms with Gasteiger partial charge in [0.25, 0.3) is 0 Å². The van der Waals surface area contributed by atoms with Gasteiger partial charge in [0.1, 0.15) is 18.3 Å². The summed E-state index contributed by atoms with van der Waals surface area (Å²) in [5.41, 5.74) is -2.34. The Morgan fingerprint density at radius 2 is 1.53 bits per heavy atom. The molecule has 4 atom stereocenters. The molecular weight excluding hydrogens is 428 g/mol. The van der Waals surface area contributed by atoms with E-state index in [-0.39, 0.29) is 57.1 Å². The topological polar surface area (TPSA) is 180 Å². The molecule has 1 fully saturated rings. The number of aliphatic hydroxyl groups excluding tert-OH is 3. The summed E-state index contributed by atoms with van der Waals surface area (Å²) < 4.78 is 21.3. The number of hydrogen-bond acceptors (Lipinski definition) is 11. The van der Waals surface area contributed by atoms with Gasteiger partial charge in [0.2, 0.25) is 11.5 Å². The van der Waals surface area contributed by atoms with Crippen molar-refractivity contribution >= 4 is 32.7 Å². The molecule has 11 nitrogen and oxygen atoms in total. The highest BCUT2D eigenvalue weighted by Crippen LogP contribution is 2.45. The largest absolute Gasteiger partial charge is 0.504 e. The molecule has 0 unspecified atom stereocenters. The summed E-state index contributed by atoms with van der Waals surface area (Å²) in [6.07, 6.45) is -4.76. The normalized spacial score (nSPS) is 23.9. The lowest BCUT2D eigenvalue weighted by atomic mass is 9.89. The Morgan fingerprint density at radius 3 is 2.22 bits per heavy atom. The average molecular weight is 446 g/mol. The molecule has 0 saturated heterocycles. The lowest BCUT2D eigenvalue weighted by Gasteiger charge is -2.35. The van der Waals surface area contributed by atoms with Gasteiger partial charge in [0.05, 0.1) is 24.0 Å². The van der Waals surface area contributed by atoms with E-state index in [0.29, 0.717) is 0 Å². The molecule has 1 aliphatic carbocycles. The summed E-state index contributed by atoms with van der Waals surface area (Å²) in [5.74, 6) is -1.49. The minimum Gasteiger partial charge on any atom is -0.504 e. The van der Waals surface area contributed by atoms with Crippen LogP contribution >= 0.6 is 0 Å². The summed E-state index contributed by atoms with van der Waals surface area (Å²) >= 11 is 0. The molecule has 0 amide bonds. The third-order valence-corrected chi connectivity index (χ3v) is 5.87. The molecule has 0 radical (unpaired) electrons. The number of ether oxygens (including phenoxy) is 2. The van der Waals surface area contributed by atoms with Crippen molar-refractivity contribution in [3.8, 4) is 23.0 Å². The fraction of sp³-hybridized carbons (Fsp3) is 0.333. The van der Waals surface area contributed by atoms with Crippen LogP contribution in [0.2, 0.25) is 0 Å². The molecule has 168 valence electrons. The SMILES string of the molecule is COc1c(O)cc2c(=O)oc3c(O)c(O[C@@H]4CC[C@@H](O)[C@H](O)[C@H]4O)cc4c(=O)oc1c2c34. The molecule has 4 aromatic rings. The average Bonchev–Trinajstić information content (AvgIpc) is 2.76. The Balaban J connectivity index is 1.78. The summed E-state index contributed by atoms with van der Waals surface area (Å²) in [5, 5.41) is 50.7.